The number of carbonyl (C=O) groups is 1. The Morgan fingerprint density at radius 3 is 3.00 bits per heavy atom. The van der Waals surface area contributed by atoms with E-state index in [1.54, 1.807) is 6.20 Å². The van der Waals surface area contributed by atoms with E-state index in [1.165, 1.54) is 11.3 Å². The maximum absolute atomic E-state index is 13.1. The topological polar surface area (TPSA) is 66.8 Å². The van der Waals surface area contributed by atoms with Crippen LogP contribution in [0.5, 0.6) is 0 Å². The molecule has 0 bridgehead atoms. The number of amides is 1. The molecule has 140 valence electrons. The van der Waals surface area contributed by atoms with Gasteiger partial charge in [0.2, 0.25) is 0 Å². The average Bonchev–Trinajstić information content (AvgIpc) is 3.36. The van der Waals surface area contributed by atoms with Gasteiger partial charge in [0, 0.05) is 54.6 Å². The van der Waals surface area contributed by atoms with Crippen molar-refractivity contribution in [3.63, 3.8) is 0 Å². The largest absolute Gasteiger partial charge is 0.334 e. The molecule has 0 unspecified atom stereocenters. The second-order valence-corrected chi connectivity index (χ2v) is 7.26. The Labute approximate surface area is 159 Å². The summed E-state index contributed by atoms with van der Waals surface area (Å²) in [5.41, 5.74) is 5.30. The van der Waals surface area contributed by atoms with Crippen molar-refractivity contribution >= 4 is 5.91 Å². The fraction of sp³-hybridized carbons (Fsp3) is 0.381. The average molecular weight is 363 g/mol. The van der Waals surface area contributed by atoms with E-state index >= 15 is 0 Å². The summed E-state index contributed by atoms with van der Waals surface area (Å²) in [6.45, 7) is 6.38. The third-order valence-electron chi connectivity index (χ3n) is 5.41. The SMILES string of the molecule is CC[C@H](C)c1n[nH]c2c1CN(C(=O)c1cccc(Cn3cccn3)c1)CC2. The molecule has 3 aromatic rings. The summed E-state index contributed by atoms with van der Waals surface area (Å²) < 4.78 is 1.86. The number of aromatic nitrogens is 4. The number of aromatic amines is 1. The van der Waals surface area contributed by atoms with Crippen molar-refractivity contribution in [3.8, 4) is 0 Å². The molecule has 0 spiro atoms. The molecule has 0 radical (unpaired) electrons. The van der Waals surface area contributed by atoms with Gasteiger partial charge in [-0.15, -0.1) is 0 Å². The number of H-pyrrole nitrogens is 1. The maximum atomic E-state index is 13.1. The van der Waals surface area contributed by atoms with Crippen LogP contribution >= 0.6 is 0 Å². The van der Waals surface area contributed by atoms with Gasteiger partial charge in [-0.05, 0) is 30.2 Å². The van der Waals surface area contributed by atoms with Crippen molar-refractivity contribution in [2.24, 2.45) is 0 Å². The van der Waals surface area contributed by atoms with Crippen LogP contribution in [0, 0.1) is 0 Å². The first-order chi connectivity index (χ1) is 13.2. The molecule has 1 atom stereocenters. The normalized spacial score (nSPS) is 14.8. The summed E-state index contributed by atoms with van der Waals surface area (Å²) in [5.74, 6) is 0.483. The summed E-state index contributed by atoms with van der Waals surface area (Å²) in [4.78, 5) is 15.1. The molecule has 0 aliphatic carbocycles. The van der Waals surface area contributed by atoms with Gasteiger partial charge < -0.3 is 4.90 Å². The van der Waals surface area contributed by atoms with Gasteiger partial charge in [0.25, 0.3) is 5.91 Å². The molecule has 27 heavy (non-hydrogen) atoms. The minimum atomic E-state index is 0.0827. The molecule has 0 saturated heterocycles. The molecule has 6 nitrogen and oxygen atoms in total. The molecule has 3 heterocycles. The monoisotopic (exact) mass is 363 g/mol. The highest BCUT2D eigenvalue weighted by molar-refractivity contribution is 5.94. The Morgan fingerprint density at radius 1 is 1.33 bits per heavy atom. The van der Waals surface area contributed by atoms with Gasteiger partial charge in [0.05, 0.1) is 12.2 Å². The molecule has 4 rings (SSSR count). The predicted octanol–water partition coefficient (Wildman–Crippen LogP) is 3.37. The van der Waals surface area contributed by atoms with Crippen LogP contribution in [-0.4, -0.2) is 37.3 Å². The standard InChI is InChI=1S/C21H25N5O/c1-3-15(2)20-18-14-25(11-8-19(18)23-24-20)21(27)17-7-4-6-16(12-17)13-26-10-5-9-22-26/h4-7,9-10,12,15H,3,8,11,13-14H2,1-2H3,(H,23,24)/t15-/m0/s1. The molecule has 1 aromatic carbocycles. The Hall–Kier alpha value is -2.89. The van der Waals surface area contributed by atoms with Crippen LogP contribution < -0.4 is 0 Å². The zero-order valence-corrected chi connectivity index (χ0v) is 15.9. The lowest BCUT2D eigenvalue weighted by atomic mass is 9.96. The molecule has 0 saturated carbocycles. The van der Waals surface area contributed by atoms with Gasteiger partial charge in [0.15, 0.2) is 0 Å². The molecule has 1 aliphatic heterocycles. The van der Waals surface area contributed by atoms with E-state index in [0.717, 1.165) is 36.2 Å². The van der Waals surface area contributed by atoms with Crippen molar-refractivity contribution in [3.05, 3.63) is 70.8 Å². The summed E-state index contributed by atoms with van der Waals surface area (Å²) in [6.07, 6.45) is 5.56. The van der Waals surface area contributed by atoms with E-state index in [0.29, 0.717) is 19.0 Å². The fourth-order valence-electron chi connectivity index (χ4n) is 3.66. The highest BCUT2D eigenvalue weighted by Crippen LogP contribution is 2.28. The summed E-state index contributed by atoms with van der Waals surface area (Å²) >= 11 is 0. The van der Waals surface area contributed by atoms with Crippen LogP contribution in [0.2, 0.25) is 0 Å². The van der Waals surface area contributed by atoms with Crippen LogP contribution in [-0.2, 0) is 19.5 Å². The Balaban J connectivity index is 1.53. The van der Waals surface area contributed by atoms with Gasteiger partial charge >= 0.3 is 0 Å². The minimum absolute atomic E-state index is 0.0827. The van der Waals surface area contributed by atoms with E-state index < -0.39 is 0 Å². The Kier molecular flexibility index (Phi) is 4.79. The van der Waals surface area contributed by atoms with Crippen LogP contribution in [0.15, 0.2) is 42.7 Å². The van der Waals surface area contributed by atoms with E-state index in [1.807, 2.05) is 46.1 Å². The number of carbonyl (C=O) groups excluding carboxylic acids is 1. The quantitative estimate of drug-likeness (QED) is 0.756. The number of hydrogen-bond acceptors (Lipinski definition) is 3. The predicted molar refractivity (Wildman–Crippen MR) is 104 cm³/mol. The van der Waals surface area contributed by atoms with Crippen LogP contribution in [0.1, 0.15) is 59.1 Å². The molecular formula is C21H25N5O. The van der Waals surface area contributed by atoms with E-state index in [-0.39, 0.29) is 5.91 Å². The molecule has 6 heteroatoms. The molecule has 1 aliphatic rings. The second kappa shape index (κ2) is 7.39. The van der Waals surface area contributed by atoms with Gasteiger partial charge in [-0.25, -0.2) is 0 Å². The summed E-state index contributed by atoms with van der Waals surface area (Å²) in [6, 6.07) is 9.76. The number of hydrogen-bond donors (Lipinski definition) is 1. The Morgan fingerprint density at radius 2 is 2.22 bits per heavy atom. The van der Waals surface area contributed by atoms with Crippen molar-refractivity contribution in [2.75, 3.05) is 6.54 Å². The molecule has 0 fully saturated rings. The van der Waals surface area contributed by atoms with E-state index in [2.05, 4.69) is 29.1 Å². The lowest BCUT2D eigenvalue weighted by Crippen LogP contribution is -2.36. The lowest BCUT2D eigenvalue weighted by Gasteiger charge is -2.28. The zero-order chi connectivity index (χ0) is 18.8. The first-order valence-electron chi connectivity index (χ1n) is 9.57. The maximum Gasteiger partial charge on any atom is 0.254 e. The number of fused-ring (bicyclic) bond motifs is 1. The number of nitrogens with zero attached hydrogens (tertiary/aromatic N) is 4. The molecular weight excluding hydrogens is 338 g/mol. The first-order valence-corrected chi connectivity index (χ1v) is 9.57. The number of nitrogens with one attached hydrogen (secondary N) is 1. The van der Waals surface area contributed by atoms with Crippen molar-refractivity contribution in [1.82, 2.24) is 24.9 Å². The summed E-state index contributed by atoms with van der Waals surface area (Å²) in [5, 5.41) is 11.9. The van der Waals surface area contributed by atoms with Gasteiger partial charge in [-0.2, -0.15) is 10.2 Å². The van der Waals surface area contributed by atoms with Gasteiger partial charge in [-0.1, -0.05) is 26.0 Å². The van der Waals surface area contributed by atoms with Crippen LogP contribution in [0.3, 0.4) is 0 Å². The highest BCUT2D eigenvalue weighted by atomic mass is 16.2. The van der Waals surface area contributed by atoms with Gasteiger partial charge in [-0.3, -0.25) is 14.6 Å². The van der Waals surface area contributed by atoms with Crippen molar-refractivity contribution < 1.29 is 4.79 Å². The first kappa shape index (κ1) is 17.5. The highest BCUT2D eigenvalue weighted by Gasteiger charge is 2.27. The smallest absolute Gasteiger partial charge is 0.254 e. The van der Waals surface area contributed by atoms with E-state index in [4.69, 9.17) is 0 Å². The fourth-order valence-corrected chi connectivity index (χ4v) is 3.66. The third kappa shape index (κ3) is 3.52. The number of rotatable bonds is 5. The van der Waals surface area contributed by atoms with Crippen molar-refractivity contribution in [1.29, 1.82) is 0 Å². The van der Waals surface area contributed by atoms with Crippen molar-refractivity contribution in [2.45, 2.75) is 45.7 Å². The summed E-state index contributed by atoms with van der Waals surface area (Å²) in [7, 11) is 0. The molecule has 1 amide bonds. The minimum Gasteiger partial charge on any atom is -0.334 e. The van der Waals surface area contributed by atoms with Crippen LogP contribution in [0.4, 0.5) is 0 Å². The molecule has 1 N–H and O–H groups in total. The number of benzene rings is 1. The third-order valence-corrected chi connectivity index (χ3v) is 5.41. The van der Waals surface area contributed by atoms with E-state index in [9.17, 15) is 4.79 Å². The molecule has 2 aromatic heterocycles. The second-order valence-electron chi connectivity index (χ2n) is 7.26. The lowest BCUT2D eigenvalue weighted by molar-refractivity contribution is 0.0733. The Bertz CT molecular complexity index is 928. The van der Waals surface area contributed by atoms with Crippen LogP contribution in [0.25, 0.3) is 0 Å². The zero-order valence-electron chi connectivity index (χ0n) is 15.9. The van der Waals surface area contributed by atoms with Gasteiger partial charge in [0.1, 0.15) is 0 Å².